The van der Waals surface area contributed by atoms with Crippen molar-refractivity contribution < 1.29 is 4.39 Å². The van der Waals surface area contributed by atoms with E-state index in [1.54, 1.807) is 22.9 Å². The lowest BCUT2D eigenvalue weighted by molar-refractivity contribution is 0.610. The zero-order valence-electron chi connectivity index (χ0n) is 9.15. The number of halogens is 1. The second-order valence-electron chi connectivity index (χ2n) is 3.67. The van der Waals surface area contributed by atoms with Crippen LogP contribution in [0.1, 0.15) is 11.3 Å². The largest absolute Gasteiger partial charge is 0.330 e. The first-order valence-corrected chi connectivity index (χ1v) is 5.22. The Bertz CT molecular complexity index is 491. The molecule has 0 saturated carbocycles. The SMILES string of the molecule is Cc1nn(-c2ccccc2F)cc1CCN. The Labute approximate surface area is 93.7 Å². The molecule has 0 saturated heterocycles. The average Bonchev–Trinajstić information content (AvgIpc) is 2.61. The van der Waals surface area contributed by atoms with Crippen LogP contribution in [0.5, 0.6) is 0 Å². The highest BCUT2D eigenvalue weighted by atomic mass is 19.1. The Morgan fingerprint density at radius 1 is 1.38 bits per heavy atom. The minimum atomic E-state index is -0.274. The number of para-hydroxylation sites is 1. The average molecular weight is 219 g/mol. The van der Waals surface area contributed by atoms with Gasteiger partial charge in [-0.15, -0.1) is 0 Å². The molecule has 0 fully saturated rings. The topological polar surface area (TPSA) is 43.8 Å². The molecule has 1 aromatic heterocycles. The summed E-state index contributed by atoms with van der Waals surface area (Å²) in [7, 11) is 0. The van der Waals surface area contributed by atoms with Crippen LogP contribution in [0.3, 0.4) is 0 Å². The summed E-state index contributed by atoms with van der Waals surface area (Å²) in [6.45, 7) is 2.48. The molecule has 2 N–H and O–H groups in total. The van der Waals surface area contributed by atoms with Gasteiger partial charge < -0.3 is 5.73 Å². The van der Waals surface area contributed by atoms with Crippen molar-refractivity contribution in [1.29, 1.82) is 0 Å². The Morgan fingerprint density at radius 3 is 2.81 bits per heavy atom. The molecule has 0 amide bonds. The van der Waals surface area contributed by atoms with Gasteiger partial charge in [-0.3, -0.25) is 0 Å². The fourth-order valence-electron chi connectivity index (χ4n) is 1.66. The van der Waals surface area contributed by atoms with Gasteiger partial charge in [-0.2, -0.15) is 5.10 Å². The lowest BCUT2D eigenvalue weighted by Crippen LogP contribution is -2.02. The van der Waals surface area contributed by atoms with Crippen LogP contribution in [-0.4, -0.2) is 16.3 Å². The van der Waals surface area contributed by atoms with Gasteiger partial charge in [0.05, 0.1) is 5.69 Å². The van der Waals surface area contributed by atoms with E-state index >= 15 is 0 Å². The second kappa shape index (κ2) is 4.45. The van der Waals surface area contributed by atoms with Crippen molar-refractivity contribution >= 4 is 0 Å². The van der Waals surface area contributed by atoms with Gasteiger partial charge in [0.15, 0.2) is 0 Å². The number of benzene rings is 1. The number of nitrogens with zero attached hydrogens (tertiary/aromatic N) is 2. The molecule has 4 heteroatoms. The molecule has 0 aliphatic heterocycles. The van der Waals surface area contributed by atoms with Crippen LogP contribution in [-0.2, 0) is 6.42 Å². The highest BCUT2D eigenvalue weighted by molar-refractivity contribution is 5.34. The van der Waals surface area contributed by atoms with Crippen LogP contribution in [0.2, 0.25) is 0 Å². The number of nitrogens with two attached hydrogens (primary N) is 1. The molecule has 16 heavy (non-hydrogen) atoms. The second-order valence-corrected chi connectivity index (χ2v) is 3.67. The van der Waals surface area contributed by atoms with Gasteiger partial charge in [0.1, 0.15) is 11.5 Å². The Hall–Kier alpha value is -1.68. The van der Waals surface area contributed by atoms with Crippen LogP contribution < -0.4 is 5.73 Å². The van der Waals surface area contributed by atoms with Gasteiger partial charge >= 0.3 is 0 Å². The summed E-state index contributed by atoms with van der Waals surface area (Å²) < 4.78 is 15.1. The lowest BCUT2D eigenvalue weighted by Gasteiger charge is -2.01. The minimum absolute atomic E-state index is 0.274. The van der Waals surface area contributed by atoms with Crippen LogP contribution >= 0.6 is 0 Å². The number of aryl methyl sites for hydroxylation is 1. The summed E-state index contributed by atoms with van der Waals surface area (Å²) in [6, 6.07) is 6.58. The monoisotopic (exact) mass is 219 g/mol. The van der Waals surface area contributed by atoms with E-state index in [4.69, 9.17) is 5.73 Å². The van der Waals surface area contributed by atoms with E-state index in [9.17, 15) is 4.39 Å². The van der Waals surface area contributed by atoms with Gasteiger partial charge in [0.25, 0.3) is 0 Å². The molecule has 0 aliphatic rings. The van der Waals surface area contributed by atoms with E-state index < -0.39 is 0 Å². The van der Waals surface area contributed by atoms with Crippen LogP contribution in [0.25, 0.3) is 5.69 Å². The maximum absolute atomic E-state index is 13.5. The molecule has 0 unspecified atom stereocenters. The van der Waals surface area contributed by atoms with E-state index in [2.05, 4.69) is 5.10 Å². The summed E-state index contributed by atoms with van der Waals surface area (Å²) in [5.41, 5.74) is 7.92. The maximum Gasteiger partial charge on any atom is 0.148 e. The third-order valence-electron chi connectivity index (χ3n) is 2.51. The molecule has 84 valence electrons. The summed E-state index contributed by atoms with van der Waals surface area (Å²) >= 11 is 0. The summed E-state index contributed by atoms with van der Waals surface area (Å²) in [5, 5.41) is 4.28. The maximum atomic E-state index is 13.5. The zero-order chi connectivity index (χ0) is 11.5. The van der Waals surface area contributed by atoms with E-state index in [1.807, 2.05) is 13.1 Å². The number of hydrogen-bond acceptors (Lipinski definition) is 2. The molecule has 0 atom stereocenters. The number of rotatable bonds is 3. The standard InChI is InChI=1S/C12H14FN3/c1-9-10(6-7-14)8-16(15-9)12-5-3-2-4-11(12)13/h2-5,8H,6-7,14H2,1H3. The first-order valence-electron chi connectivity index (χ1n) is 5.22. The third-order valence-corrected chi connectivity index (χ3v) is 2.51. The van der Waals surface area contributed by atoms with Crippen molar-refractivity contribution in [3.05, 3.63) is 47.5 Å². The first-order chi connectivity index (χ1) is 7.72. The summed E-state index contributed by atoms with van der Waals surface area (Å²) in [4.78, 5) is 0. The van der Waals surface area contributed by atoms with Crippen LogP contribution in [0, 0.1) is 12.7 Å². The van der Waals surface area contributed by atoms with E-state index in [-0.39, 0.29) is 5.82 Å². The molecule has 2 rings (SSSR count). The highest BCUT2D eigenvalue weighted by Gasteiger charge is 2.08. The summed E-state index contributed by atoms with van der Waals surface area (Å²) in [5.74, 6) is -0.274. The van der Waals surface area contributed by atoms with Crippen molar-refractivity contribution in [3.8, 4) is 5.69 Å². The third kappa shape index (κ3) is 1.97. The van der Waals surface area contributed by atoms with Gasteiger partial charge in [0, 0.05) is 6.20 Å². The quantitative estimate of drug-likeness (QED) is 0.855. The van der Waals surface area contributed by atoms with Crippen molar-refractivity contribution in [2.75, 3.05) is 6.54 Å². The predicted octanol–water partition coefficient (Wildman–Crippen LogP) is 1.82. The normalized spacial score (nSPS) is 10.7. The van der Waals surface area contributed by atoms with Crippen LogP contribution in [0.15, 0.2) is 30.5 Å². The smallest absolute Gasteiger partial charge is 0.148 e. The molecule has 1 heterocycles. The molecular weight excluding hydrogens is 205 g/mol. The Balaban J connectivity index is 2.42. The number of hydrogen-bond donors (Lipinski definition) is 1. The molecule has 0 radical (unpaired) electrons. The molecule has 3 nitrogen and oxygen atoms in total. The lowest BCUT2D eigenvalue weighted by atomic mass is 10.2. The van der Waals surface area contributed by atoms with Crippen molar-refractivity contribution in [1.82, 2.24) is 9.78 Å². The van der Waals surface area contributed by atoms with Gasteiger partial charge in [0.2, 0.25) is 0 Å². The van der Waals surface area contributed by atoms with Crippen molar-refractivity contribution in [2.45, 2.75) is 13.3 Å². The van der Waals surface area contributed by atoms with Gasteiger partial charge in [-0.05, 0) is 37.6 Å². The molecule has 2 aromatic rings. The van der Waals surface area contributed by atoms with Gasteiger partial charge in [-0.25, -0.2) is 9.07 Å². The molecule has 0 aliphatic carbocycles. The fraction of sp³-hybridized carbons (Fsp3) is 0.250. The molecular formula is C12H14FN3. The Morgan fingerprint density at radius 2 is 2.12 bits per heavy atom. The Kier molecular flexibility index (Phi) is 3.01. The van der Waals surface area contributed by atoms with Gasteiger partial charge in [-0.1, -0.05) is 12.1 Å². The summed E-state index contributed by atoms with van der Waals surface area (Å²) in [6.07, 6.45) is 2.60. The van der Waals surface area contributed by atoms with E-state index in [0.717, 1.165) is 17.7 Å². The minimum Gasteiger partial charge on any atom is -0.330 e. The molecule has 0 bridgehead atoms. The fourth-order valence-corrected chi connectivity index (χ4v) is 1.66. The number of aromatic nitrogens is 2. The molecule has 1 aromatic carbocycles. The van der Waals surface area contributed by atoms with E-state index in [1.165, 1.54) is 6.07 Å². The van der Waals surface area contributed by atoms with Crippen molar-refractivity contribution in [3.63, 3.8) is 0 Å². The predicted molar refractivity (Wildman–Crippen MR) is 61.0 cm³/mol. The first kappa shape index (κ1) is 10.8. The highest BCUT2D eigenvalue weighted by Crippen LogP contribution is 2.15. The van der Waals surface area contributed by atoms with E-state index in [0.29, 0.717) is 12.2 Å². The van der Waals surface area contributed by atoms with Crippen LogP contribution in [0.4, 0.5) is 4.39 Å². The van der Waals surface area contributed by atoms with Crippen molar-refractivity contribution in [2.24, 2.45) is 5.73 Å². The molecule has 0 spiro atoms. The zero-order valence-corrected chi connectivity index (χ0v) is 9.15.